The van der Waals surface area contributed by atoms with E-state index in [-0.39, 0.29) is 0 Å². The second-order valence-electron chi connectivity index (χ2n) is 3.35. The van der Waals surface area contributed by atoms with Gasteiger partial charge in [-0.2, -0.15) is 26.3 Å². The maximum atomic E-state index is 12.5. The molecule has 1 aromatic rings. The summed E-state index contributed by atoms with van der Waals surface area (Å²) >= 11 is 0. The summed E-state index contributed by atoms with van der Waals surface area (Å²) < 4.78 is 74.7. The van der Waals surface area contributed by atoms with E-state index in [0.29, 0.717) is 0 Å². The van der Waals surface area contributed by atoms with E-state index < -0.39 is 47.5 Å². The van der Waals surface area contributed by atoms with Crippen LogP contribution in [0.25, 0.3) is 0 Å². The third kappa shape index (κ3) is 3.12. The molecule has 0 aliphatic heterocycles. The molecule has 0 aliphatic rings. The number of hydrogen-bond acceptors (Lipinski definition) is 4. The molecule has 19 heavy (non-hydrogen) atoms. The van der Waals surface area contributed by atoms with Gasteiger partial charge in [0.25, 0.3) is 0 Å². The zero-order chi connectivity index (χ0) is 15.0. The first-order chi connectivity index (χ1) is 8.48. The molecule has 0 aromatic carbocycles. The first-order valence-corrected chi connectivity index (χ1v) is 4.75. The molecule has 0 spiro atoms. The Morgan fingerprint density at radius 1 is 1.11 bits per heavy atom. The molecule has 10 heteroatoms. The van der Waals surface area contributed by atoms with Crippen LogP contribution < -0.4 is 5.11 Å². The van der Waals surface area contributed by atoms with Gasteiger partial charge in [0.2, 0.25) is 5.82 Å². The highest BCUT2D eigenvalue weighted by molar-refractivity contribution is 5.88. The van der Waals surface area contributed by atoms with Crippen LogP contribution in [0.5, 0.6) is 0 Å². The van der Waals surface area contributed by atoms with Gasteiger partial charge in [0.1, 0.15) is 0 Å². The molecular weight excluding hydrogens is 282 g/mol. The van der Waals surface area contributed by atoms with E-state index in [9.17, 15) is 36.2 Å². The first-order valence-electron chi connectivity index (χ1n) is 4.75. The van der Waals surface area contributed by atoms with Crippen LogP contribution in [0.15, 0.2) is 0 Å². The minimum Gasteiger partial charge on any atom is -0.545 e. The predicted molar refractivity (Wildman–Crippen MR) is 45.7 cm³/mol. The number of carboxylic acids is 1. The Morgan fingerprint density at radius 3 is 1.95 bits per heavy atom. The van der Waals surface area contributed by atoms with Crippen LogP contribution >= 0.6 is 0 Å². The van der Waals surface area contributed by atoms with Crippen molar-refractivity contribution in [2.24, 2.45) is 0 Å². The maximum absolute atomic E-state index is 12.5. The monoisotopic (exact) mass is 287 g/mol. The number of carbonyl (C=O) groups is 1. The van der Waals surface area contributed by atoms with Gasteiger partial charge in [-0.1, -0.05) is 6.92 Å². The van der Waals surface area contributed by atoms with E-state index in [1.165, 1.54) is 0 Å². The minimum absolute atomic E-state index is 0.446. The van der Waals surface area contributed by atoms with Gasteiger partial charge in [0.05, 0.1) is 11.7 Å². The lowest BCUT2D eigenvalue weighted by Gasteiger charge is -2.17. The van der Waals surface area contributed by atoms with Crippen LogP contribution in [0.2, 0.25) is 0 Å². The number of carboxylic acid groups (broad SMARTS) is 1. The summed E-state index contributed by atoms with van der Waals surface area (Å²) in [5.41, 5.74) is -4.51. The molecule has 0 fully saturated rings. The molecule has 0 bridgehead atoms. The van der Waals surface area contributed by atoms with E-state index >= 15 is 0 Å². The van der Waals surface area contributed by atoms with Gasteiger partial charge in [-0.05, 0) is 6.42 Å². The van der Waals surface area contributed by atoms with Gasteiger partial charge in [0.15, 0.2) is 5.69 Å². The Balaban J connectivity index is 3.70. The third-order valence-corrected chi connectivity index (χ3v) is 2.05. The normalized spacial score (nSPS) is 12.6. The maximum Gasteiger partial charge on any atom is 0.451 e. The lowest BCUT2D eigenvalue weighted by molar-refractivity contribution is -0.256. The molecule has 0 amide bonds. The molecule has 106 valence electrons. The van der Waals surface area contributed by atoms with Crippen LogP contribution in [0.1, 0.15) is 34.5 Å². The zero-order valence-electron chi connectivity index (χ0n) is 9.19. The van der Waals surface area contributed by atoms with Crippen molar-refractivity contribution in [2.45, 2.75) is 25.7 Å². The van der Waals surface area contributed by atoms with Gasteiger partial charge >= 0.3 is 12.4 Å². The lowest BCUT2D eigenvalue weighted by Crippen LogP contribution is -2.31. The van der Waals surface area contributed by atoms with Crippen LogP contribution in [0.4, 0.5) is 26.3 Å². The number of rotatable bonds is 2. The van der Waals surface area contributed by atoms with Crippen molar-refractivity contribution in [1.29, 1.82) is 0 Å². The highest BCUT2D eigenvalue weighted by Crippen LogP contribution is 2.34. The van der Waals surface area contributed by atoms with Crippen LogP contribution in [-0.2, 0) is 18.8 Å². The minimum atomic E-state index is -5.36. The number of aromatic carboxylic acids is 1. The SMILES string of the molecule is CCc1nc(C(F)(F)F)nc(C(F)(F)F)c1C(=O)[O-]. The standard InChI is InChI=1S/C9H6F6N2O2/c1-2-3-4(6(18)19)5(8(10,11)12)17-7(16-3)9(13,14)15/h2H2,1H3,(H,18,19)/p-1. The number of carbonyl (C=O) groups excluding carboxylic acids is 1. The van der Waals surface area contributed by atoms with Crippen molar-refractivity contribution >= 4 is 5.97 Å². The molecule has 0 saturated carbocycles. The molecule has 1 heterocycles. The summed E-state index contributed by atoms with van der Waals surface area (Å²) in [4.78, 5) is 15.7. The average molecular weight is 287 g/mol. The van der Waals surface area contributed by atoms with Crippen molar-refractivity contribution in [3.63, 3.8) is 0 Å². The van der Waals surface area contributed by atoms with Crippen LogP contribution in [-0.4, -0.2) is 15.9 Å². The van der Waals surface area contributed by atoms with Gasteiger partial charge in [-0.15, -0.1) is 0 Å². The van der Waals surface area contributed by atoms with E-state index in [2.05, 4.69) is 9.97 Å². The molecule has 1 rings (SSSR count). The highest BCUT2D eigenvalue weighted by Gasteiger charge is 2.42. The highest BCUT2D eigenvalue weighted by atomic mass is 19.4. The van der Waals surface area contributed by atoms with Crippen molar-refractivity contribution in [3.8, 4) is 0 Å². The second-order valence-corrected chi connectivity index (χ2v) is 3.35. The Morgan fingerprint density at radius 2 is 1.63 bits per heavy atom. The van der Waals surface area contributed by atoms with Crippen LogP contribution in [0.3, 0.4) is 0 Å². The Labute approximate surface area is 102 Å². The molecule has 4 nitrogen and oxygen atoms in total. The fraction of sp³-hybridized carbons (Fsp3) is 0.444. The topological polar surface area (TPSA) is 65.9 Å². The van der Waals surface area contributed by atoms with Crippen molar-refractivity contribution in [2.75, 3.05) is 0 Å². The molecule has 0 unspecified atom stereocenters. The molecule has 0 radical (unpaired) electrons. The fourth-order valence-corrected chi connectivity index (χ4v) is 1.31. The number of nitrogens with zero attached hydrogens (tertiary/aromatic N) is 2. The third-order valence-electron chi connectivity index (χ3n) is 2.05. The summed E-state index contributed by atoms with van der Waals surface area (Å²) in [6, 6.07) is 0. The van der Waals surface area contributed by atoms with E-state index in [4.69, 9.17) is 0 Å². The van der Waals surface area contributed by atoms with E-state index in [0.717, 1.165) is 6.92 Å². The largest absolute Gasteiger partial charge is 0.545 e. The molecule has 0 atom stereocenters. The lowest BCUT2D eigenvalue weighted by atomic mass is 10.1. The van der Waals surface area contributed by atoms with Crippen molar-refractivity contribution in [1.82, 2.24) is 9.97 Å². The average Bonchev–Trinajstić information content (AvgIpc) is 2.24. The zero-order valence-corrected chi connectivity index (χ0v) is 9.19. The quantitative estimate of drug-likeness (QED) is 0.772. The Hall–Kier alpha value is -1.87. The summed E-state index contributed by atoms with van der Waals surface area (Å²) in [5.74, 6) is -4.32. The molecule has 0 saturated heterocycles. The number of halogens is 6. The molecule has 1 aromatic heterocycles. The van der Waals surface area contributed by atoms with Crippen LogP contribution in [0, 0.1) is 0 Å². The van der Waals surface area contributed by atoms with Gasteiger partial charge in [0, 0.05) is 5.56 Å². The summed E-state index contributed by atoms with van der Waals surface area (Å²) in [6.07, 6.45) is -11.0. The number of alkyl halides is 6. The summed E-state index contributed by atoms with van der Waals surface area (Å²) in [7, 11) is 0. The van der Waals surface area contributed by atoms with E-state index in [1.54, 1.807) is 0 Å². The number of aryl methyl sites for hydroxylation is 1. The summed E-state index contributed by atoms with van der Waals surface area (Å²) in [5, 5.41) is 10.6. The van der Waals surface area contributed by atoms with Gasteiger partial charge < -0.3 is 9.90 Å². The molecule has 0 aliphatic carbocycles. The molecule has 0 N–H and O–H groups in total. The fourth-order valence-electron chi connectivity index (χ4n) is 1.31. The van der Waals surface area contributed by atoms with Crippen molar-refractivity contribution in [3.05, 3.63) is 22.8 Å². The first kappa shape index (κ1) is 15.2. The Bertz CT molecular complexity index is 509. The van der Waals surface area contributed by atoms with Gasteiger partial charge in [-0.25, -0.2) is 9.97 Å². The van der Waals surface area contributed by atoms with Gasteiger partial charge in [-0.3, -0.25) is 0 Å². The van der Waals surface area contributed by atoms with Crippen molar-refractivity contribution < 1.29 is 36.2 Å². The predicted octanol–water partition coefficient (Wildman–Crippen LogP) is 1.44. The smallest absolute Gasteiger partial charge is 0.451 e. The number of hydrogen-bond donors (Lipinski definition) is 0. The second kappa shape index (κ2) is 4.67. The Kier molecular flexibility index (Phi) is 3.73. The van der Waals surface area contributed by atoms with E-state index in [1.807, 2.05) is 0 Å². The number of aromatic nitrogens is 2. The molecular formula is C9H5F6N2O2-. The summed E-state index contributed by atoms with van der Waals surface area (Å²) in [6.45, 7) is 1.16.